The molecule has 15 heavy (non-hydrogen) atoms. The first-order chi connectivity index (χ1) is 6.76. The molecule has 3 heteroatoms. The van der Waals surface area contributed by atoms with Crippen molar-refractivity contribution in [3.63, 3.8) is 0 Å². The zero-order valence-electron chi connectivity index (χ0n) is 10.8. The number of aromatic nitrogens is 3. The summed E-state index contributed by atoms with van der Waals surface area (Å²) in [7, 11) is 0. The first-order valence-electron chi connectivity index (χ1n) is 5.61. The quantitative estimate of drug-likeness (QED) is 0.763. The predicted molar refractivity (Wildman–Crippen MR) is 62.6 cm³/mol. The standard InChI is InChI=1S/C12H23N3/c1-10(2)11(3,4)7-12(5,6)15-9-13-8-14-15/h8-10H,7H2,1-6H3. The minimum atomic E-state index is 0.0320. The Bertz CT molecular complexity index is 297. The van der Waals surface area contributed by atoms with Crippen LogP contribution in [0.15, 0.2) is 12.7 Å². The van der Waals surface area contributed by atoms with Crippen LogP contribution >= 0.6 is 0 Å². The van der Waals surface area contributed by atoms with Crippen molar-refractivity contribution in [2.45, 2.75) is 53.5 Å². The Balaban J connectivity index is 2.81. The van der Waals surface area contributed by atoms with Gasteiger partial charge in [0, 0.05) is 0 Å². The highest BCUT2D eigenvalue weighted by Gasteiger charge is 2.32. The third-order valence-electron chi connectivity index (χ3n) is 3.49. The van der Waals surface area contributed by atoms with Gasteiger partial charge in [0.05, 0.1) is 5.54 Å². The van der Waals surface area contributed by atoms with E-state index in [4.69, 9.17) is 0 Å². The maximum atomic E-state index is 4.24. The molecule has 0 aliphatic rings. The van der Waals surface area contributed by atoms with Crippen LogP contribution in [0.4, 0.5) is 0 Å². The fourth-order valence-electron chi connectivity index (χ4n) is 1.92. The Morgan fingerprint density at radius 3 is 2.20 bits per heavy atom. The van der Waals surface area contributed by atoms with Crippen LogP contribution in [0.3, 0.4) is 0 Å². The Kier molecular flexibility index (Phi) is 3.22. The van der Waals surface area contributed by atoms with Gasteiger partial charge in [-0.15, -0.1) is 0 Å². The molecule has 3 nitrogen and oxygen atoms in total. The molecule has 86 valence electrons. The van der Waals surface area contributed by atoms with E-state index in [1.165, 1.54) is 0 Å². The Morgan fingerprint density at radius 2 is 1.80 bits per heavy atom. The molecular weight excluding hydrogens is 186 g/mol. The molecule has 0 atom stereocenters. The molecule has 1 rings (SSSR count). The van der Waals surface area contributed by atoms with Crippen LogP contribution in [0.1, 0.15) is 48.0 Å². The van der Waals surface area contributed by atoms with Gasteiger partial charge in [0.1, 0.15) is 12.7 Å². The van der Waals surface area contributed by atoms with E-state index < -0.39 is 0 Å². The summed E-state index contributed by atoms with van der Waals surface area (Å²) in [6.07, 6.45) is 4.50. The minimum Gasteiger partial charge on any atom is -0.247 e. The summed E-state index contributed by atoms with van der Waals surface area (Å²) in [5.41, 5.74) is 0.347. The van der Waals surface area contributed by atoms with Crippen LogP contribution in [0, 0.1) is 11.3 Å². The first kappa shape index (κ1) is 12.2. The number of rotatable bonds is 4. The molecule has 0 fully saturated rings. The van der Waals surface area contributed by atoms with Gasteiger partial charge in [-0.25, -0.2) is 9.67 Å². The van der Waals surface area contributed by atoms with Crippen molar-refractivity contribution >= 4 is 0 Å². The summed E-state index contributed by atoms with van der Waals surface area (Å²) in [5.74, 6) is 0.667. The molecular formula is C12H23N3. The molecule has 0 saturated carbocycles. The fraction of sp³-hybridized carbons (Fsp3) is 0.833. The van der Waals surface area contributed by atoms with Crippen molar-refractivity contribution < 1.29 is 0 Å². The lowest BCUT2D eigenvalue weighted by Crippen LogP contribution is -2.35. The smallest absolute Gasteiger partial charge is 0.137 e. The predicted octanol–water partition coefficient (Wildman–Crippen LogP) is 3.09. The Hall–Kier alpha value is -0.860. The second-order valence-electron chi connectivity index (χ2n) is 5.97. The van der Waals surface area contributed by atoms with Crippen LogP contribution in [-0.2, 0) is 5.54 Å². The average Bonchev–Trinajstić information content (AvgIpc) is 2.53. The minimum absolute atomic E-state index is 0.0320. The maximum absolute atomic E-state index is 4.24. The molecule has 0 N–H and O–H groups in total. The largest absolute Gasteiger partial charge is 0.247 e. The van der Waals surface area contributed by atoms with Gasteiger partial charge in [-0.05, 0) is 31.6 Å². The summed E-state index contributed by atoms with van der Waals surface area (Å²) in [4.78, 5) is 4.02. The molecule has 1 aromatic heterocycles. The summed E-state index contributed by atoms with van der Waals surface area (Å²) in [6.45, 7) is 13.6. The normalized spacial score (nSPS) is 13.5. The summed E-state index contributed by atoms with van der Waals surface area (Å²) < 4.78 is 1.96. The van der Waals surface area contributed by atoms with Crippen LogP contribution in [0.2, 0.25) is 0 Å². The summed E-state index contributed by atoms with van der Waals surface area (Å²) in [5, 5.41) is 4.24. The van der Waals surface area contributed by atoms with Gasteiger partial charge in [-0.3, -0.25) is 0 Å². The second-order valence-corrected chi connectivity index (χ2v) is 5.97. The lowest BCUT2D eigenvalue weighted by atomic mass is 9.73. The zero-order chi connectivity index (χ0) is 11.7. The van der Waals surface area contributed by atoms with Crippen molar-refractivity contribution in [1.82, 2.24) is 14.8 Å². The molecule has 0 amide bonds. The molecule has 0 spiro atoms. The van der Waals surface area contributed by atoms with Gasteiger partial charge in [0.2, 0.25) is 0 Å². The third kappa shape index (κ3) is 2.80. The van der Waals surface area contributed by atoms with Crippen molar-refractivity contribution in [3.05, 3.63) is 12.7 Å². The topological polar surface area (TPSA) is 30.7 Å². The van der Waals surface area contributed by atoms with Gasteiger partial charge < -0.3 is 0 Å². The molecule has 0 aromatic carbocycles. The first-order valence-corrected chi connectivity index (χ1v) is 5.61. The highest BCUT2D eigenvalue weighted by molar-refractivity contribution is 4.85. The van der Waals surface area contributed by atoms with Gasteiger partial charge >= 0.3 is 0 Å². The van der Waals surface area contributed by atoms with Crippen LogP contribution in [0.25, 0.3) is 0 Å². The highest BCUT2D eigenvalue weighted by atomic mass is 15.3. The highest BCUT2D eigenvalue weighted by Crippen LogP contribution is 2.37. The van der Waals surface area contributed by atoms with Gasteiger partial charge in [-0.2, -0.15) is 5.10 Å². The van der Waals surface area contributed by atoms with Crippen molar-refractivity contribution in [1.29, 1.82) is 0 Å². The lowest BCUT2D eigenvalue weighted by molar-refractivity contribution is 0.134. The molecule has 1 aromatic rings. The number of nitrogens with zero attached hydrogens (tertiary/aromatic N) is 3. The van der Waals surface area contributed by atoms with E-state index in [0.717, 1.165) is 6.42 Å². The number of hydrogen-bond donors (Lipinski definition) is 0. The monoisotopic (exact) mass is 209 g/mol. The average molecular weight is 209 g/mol. The molecule has 0 unspecified atom stereocenters. The fourth-order valence-corrected chi connectivity index (χ4v) is 1.92. The molecule has 0 radical (unpaired) electrons. The Labute approximate surface area is 92.9 Å². The van der Waals surface area contributed by atoms with E-state index in [0.29, 0.717) is 11.3 Å². The van der Waals surface area contributed by atoms with Gasteiger partial charge in [0.15, 0.2) is 0 Å². The van der Waals surface area contributed by atoms with E-state index in [1.54, 1.807) is 12.7 Å². The molecule has 0 aliphatic heterocycles. The van der Waals surface area contributed by atoms with E-state index >= 15 is 0 Å². The third-order valence-corrected chi connectivity index (χ3v) is 3.49. The van der Waals surface area contributed by atoms with Gasteiger partial charge in [-0.1, -0.05) is 27.7 Å². The van der Waals surface area contributed by atoms with Crippen LogP contribution in [0.5, 0.6) is 0 Å². The van der Waals surface area contributed by atoms with E-state index in [-0.39, 0.29) is 5.54 Å². The SMILES string of the molecule is CC(C)C(C)(C)CC(C)(C)n1cncn1. The van der Waals surface area contributed by atoms with Crippen molar-refractivity contribution in [2.24, 2.45) is 11.3 Å². The summed E-state index contributed by atoms with van der Waals surface area (Å²) >= 11 is 0. The second kappa shape index (κ2) is 3.95. The molecule has 0 bridgehead atoms. The van der Waals surface area contributed by atoms with Crippen molar-refractivity contribution in [2.75, 3.05) is 0 Å². The van der Waals surface area contributed by atoms with Crippen LogP contribution < -0.4 is 0 Å². The molecule has 0 saturated heterocycles. The Morgan fingerprint density at radius 1 is 1.20 bits per heavy atom. The lowest BCUT2D eigenvalue weighted by Gasteiger charge is -2.37. The van der Waals surface area contributed by atoms with E-state index in [1.807, 2.05) is 4.68 Å². The number of hydrogen-bond acceptors (Lipinski definition) is 2. The molecule has 0 aliphatic carbocycles. The van der Waals surface area contributed by atoms with Gasteiger partial charge in [0.25, 0.3) is 0 Å². The van der Waals surface area contributed by atoms with E-state index in [9.17, 15) is 0 Å². The summed E-state index contributed by atoms with van der Waals surface area (Å²) in [6, 6.07) is 0. The maximum Gasteiger partial charge on any atom is 0.137 e. The van der Waals surface area contributed by atoms with E-state index in [2.05, 4.69) is 51.6 Å². The zero-order valence-corrected chi connectivity index (χ0v) is 10.8. The van der Waals surface area contributed by atoms with Crippen LogP contribution in [-0.4, -0.2) is 14.8 Å². The van der Waals surface area contributed by atoms with Crippen molar-refractivity contribution in [3.8, 4) is 0 Å². The molecule has 1 heterocycles.